The zero-order valence-corrected chi connectivity index (χ0v) is 27.6. The molecule has 0 unspecified atom stereocenters. The molecular formula is C34H34ClFN6O5. The second kappa shape index (κ2) is 11.7. The number of ether oxygens (including phenoxy) is 1. The van der Waals surface area contributed by atoms with Crippen molar-refractivity contribution in [3.63, 3.8) is 0 Å². The van der Waals surface area contributed by atoms with Crippen molar-refractivity contribution in [3.05, 3.63) is 75.4 Å². The Labute approximate surface area is 275 Å². The summed E-state index contributed by atoms with van der Waals surface area (Å²) in [6.45, 7) is 11.4. The third kappa shape index (κ3) is 4.89. The molecule has 0 saturated carbocycles. The van der Waals surface area contributed by atoms with Crippen LogP contribution in [0.15, 0.2) is 47.8 Å². The van der Waals surface area contributed by atoms with Crippen LogP contribution in [0.2, 0.25) is 5.02 Å². The average molecular weight is 661 g/mol. The number of benzene rings is 1. The summed E-state index contributed by atoms with van der Waals surface area (Å²) in [7, 11) is 3.03. The highest BCUT2D eigenvalue weighted by molar-refractivity contribution is 6.34. The first-order valence-electron chi connectivity index (χ1n) is 15.1. The topological polar surface area (TPSA) is 121 Å². The molecule has 4 aromatic rings. The van der Waals surface area contributed by atoms with E-state index in [1.807, 2.05) is 32.6 Å². The fraction of sp³-hybridized carbons (Fsp3) is 0.324. The average Bonchev–Trinajstić information content (AvgIpc) is 3.03. The SMILES string of the molecule is C=CC(=O)N1C[C@@H]2C(=O)N(C)c3c(c4cc(Cl)c(-c5c(O)cccc5F)nc4n(-c4c(C)cc(OC)nc4C(C)C)c3=O)N2C[C@H]1C. The molecule has 1 aromatic carbocycles. The number of aromatic hydroxyl groups is 1. The molecule has 6 rings (SSSR count). The van der Waals surface area contributed by atoms with E-state index < -0.39 is 17.4 Å². The molecule has 47 heavy (non-hydrogen) atoms. The van der Waals surface area contributed by atoms with E-state index in [0.717, 1.165) is 0 Å². The largest absolute Gasteiger partial charge is 0.507 e. The van der Waals surface area contributed by atoms with Gasteiger partial charge in [0.05, 0.1) is 47.0 Å². The number of phenols is 1. The van der Waals surface area contributed by atoms with Gasteiger partial charge in [-0.3, -0.25) is 19.0 Å². The van der Waals surface area contributed by atoms with Crippen LogP contribution in [0, 0.1) is 12.7 Å². The fourth-order valence-corrected chi connectivity index (χ4v) is 6.87. The first-order valence-corrected chi connectivity index (χ1v) is 15.5. The minimum Gasteiger partial charge on any atom is -0.507 e. The van der Waals surface area contributed by atoms with Crippen LogP contribution in [0.5, 0.6) is 11.6 Å². The minimum absolute atomic E-state index is 0.0172. The number of aryl methyl sites for hydroxylation is 1. The van der Waals surface area contributed by atoms with E-state index >= 15 is 4.39 Å². The lowest BCUT2D eigenvalue weighted by Gasteiger charge is -2.49. The predicted molar refractivity (Wildman–Crippen MR) is 178 cm³/mol. The minimum atomic E-state index is -0.810. The molecule has 3 aromatic heterocycles. The molecule has 1 fully saturated rings. The van der Waals surface area contributed by atoms with Crippen LogP contribution in [0.3, 0.4) is 0 Å². The van der Waals surface area contributed by atoms with Crippen molar-refractivity contribution < 1.29 is 23.8 Å². The number of likely N-dealkylation sites (N-methyl/N-ethyl adjacent to an activating group) is 1. The lowest BCUT2D eigenvalue weighted by molar-refractivity contribution is -0.130. The number of carbonyl (C=O) groups excluding carboxylic acids is 2. The molecule has 2 aliphatic heterocycles. The van der Waals surface area contributed by atoms with Crippen molar-refractivity contribution in [2.75, 3.05) is 37.0 Å². The molecule has 0 bridgehead atoms. The zero-order valence-electron chi connectivity index (χ0n) is 26.8. The smallest absolute Gasteiger partial charge is 0.283 e. The Morgan fingerprint density at radius 3 is 2.53 bits per heavy atom. The van der Waals surface area contributed by atoms with Crippen LogP contribution in [-0.4, -0.2) is 75.7 Å². The Hall–Kier alpha value is -4.97. The number of halogens is 2. The number of hydrogen-bond donors (Lipinski definition) is 1. The third-order valence-corrected chi connectivity index (χ3v) is 9.17. The highest BCUT2D eigenvalue weighted by Crippen LogP contribution is 2.45. The van der Waals surface area contributed by atoms with E-state index in [4.69, 9.17) is 21.3 Å². The number of rotatable bonds is 5. The number of amides is 2. The summed E-state index contributed by atoms with van der Waals surface area (Å²) in [5.74, 6) is -1.62. The van der Waals surface area contributed by atoms with Crippen LogP contribution in [0.1, 0.15) is 37.9 Å². The number of anilines is 2. The molecule has 1 saturated heterocycles. The standard InChI is InChI=1S/C34H34ClFN6O5/c1-8-25(44)40-15-22-33(45)39(6)31-30(41(22)14-18(40)5)19-13-20(35)28(26-21(36)10-9-11-23(26)43)38-32(19)42(34(31)46)29-17(4)12-24(47-7)37-27(29)16(2)3/h8-13,16,18,22,43H,1,14-15H2,2-7H3/t18-,22-/m1/s1. The number of aromatic nitrogens is 3. The number of phenolic OH excluding ortho intramolecular Hbond substituents is 1. The van der Waals surface area contributed by atoms with E-state index in [1.54, 1.807) is 17.0 Å². The van der Waals surface area contributed by atoms with Crippen molar-refractivity contribution >= 4 is 45.8 Å². The van der Waals surface area contributed by atoms with E-state index in [-0.39, 0.29) is 70.2 Å². The molecular weight excluding hydrogens is 627 g/mol. The van der Waals surface area contributed by atoms with Crippen molar-refractivity contribution in [2.45, 2.75) is 45.7 Å². The van der Waals surface area contributed by atoms with Gasteiger partial charge in [-0.1, -0.05) is 38.1 Å². The van der Waals surface area contributed by atoms with E-state index in [0.29, 0.717) is 33.9 Å². The second-order valence-electron chi connectivity index (χ2n) is 12.1. The summed E-state index contributed by atoms with van der Waals surface area (Å²) >= 11 is 6.85. The van der Waals surface area contributed by atoms with Crippen LogP contribution in [-0.2, 0) is 9.59 Å². The highest BCUT2D eigenvalue weighted by Gasteiger charge is 2.46. The van der Waals surface area contributed by atoms with Gasteiger partial charge in [0.2, 0.25) is 11.8 Å². The van der Waals surface area contributed by atoms with E-state index in [9.17, 15) is 19.5 Å². The molecule has 0 spiro atoms. The summed E-state index contributed by atoms with van der Waals surface area (Å²) in [5, 5.41) is 11.1. The maximum atomic E-state index is 15.3. The molecule has 2 aliphatic rings. The lowest BCUT2D eigenvalue weighted by atomic mass is 9.98. The van der Waals surface area contributed by atoms with Crippen LogP contribution in [0.25, 0.3) is 28.0 Å². The van der Waals surface area contributed by atoms with Gasteiger partial charge in [0.15, 0.2) is 5.65 Å². The van der Waals surface area contributed by atoms with Gasteiger partial charge in [-0.05, 0) is 49.6 Å². The van der Waals surface area contributed by atoms with Crippen molar-refractivity contribution in [1.82, 2.24) is 19.4 Å². The summed E-state index contributed by atoms with van der Waals surface area (Å²) < 4.78 is 22.1. The fourth-order valence-electron chi connectivity index (χ4n) is 6.63. The number of fused-ring (bicyclic) bond motifs is 5. The van der Waals surface area contributed by atoms with Gasteiger partial charge in [0.25, 0.3) is 11.5 Å². The number of hydrogen-bond acceptors (Lipinski definition) is 8. The molecule has 0 radical (unpaired) electrons. The van der Waals surface area contributed by atoms with Gasteiger partial charge >= 0.3 is 0 Å². The molecule has 2 amide bonds. The van der Waals surface area contributed by atoms with Gasteiger partial charge < -0.3 is 24.5 Å². The highest BCUT2D eigenvalue weighted by atomic mass is 35.5. The number of carbonyl (C=O) groups is 2. The van der Waals surface area contributed by atoms with Gasteiger partial charge in [-0.2, -0.15) is 0 Å². The third-order valence-electron chi connectivity index (χ3n) is 8.88. The molecule has 13 heteroatoms. The number of methoxy groups -OCH3 is 1. The molecule has 5 heterocycles. The van der Waals surface area contributed by atoms with Crippen molar-refractivity contribution in [3.8, 4) is 28.6 Å². The Kier molecular flexibility index (Phi) is 7.95. The van der Waals surface area contributed by atoms with Crippen LogP contribution in [0.4, 0.5) is 15.8 Å². The van der Waals surface area contributed by atoms with E-state index in [2.05, 4.69) is 11.6 Å². The van der Waals surface area contributed by atoms with Crippen molar-refractivity contribution in [2.24, 2.45) is 0 Å². The van der Waals surface area contributed by atoms with Crippen LogP contribution < -0.4 is 20.1 Å². The maximum Gasteiger partial charge on any atom is 0.283 e. The number of nitrogens with zero attached hydrogens (tertiary/aromatic N) is 6. The molecule has 11 nitrogen and oxygen atoms in total. The Bertz CT molecular complexity index is 2040. The Morgan fingerprint density at radius 2 is 1.89 bits per heavy atom. The zero-order chi connectivity index (χ0) is 34.1. The maximum absolute atomic E-state index is 15.3. The molecule has 1 N–H and O–H groups in total. The van der Waals surface area contributed by atoms with Gasteiger partial charge in [0.1, 0.15) is 23.3 Å². The normalized spacial score (nSPS) is 17.6. The lowest BCUT2D eigenvalue weighted by Crippen LogP contribution is -2.66. The Morgan fingerprint density at radius 1 is 1.17 bits per heavy atom. The summed E-state index contributed by atoms with van der Waals surface area (Å²) in [5.41, 5.74) is 1.37. The van der Waals surface area contributed by atoms with E-state index in [1.165, 1.54) is 47.9 Å². The quantitative estimate of drug-likeness (QED) is 0.299. The Balaban J connectivity index is 1.77. The van der Waals surface area contributed by atoms with Gasteiger partial charge in [0, 0.05) is 31.1 Å². The van der Waals surface area contributed by atoms with Gasteiger partial charge in [-0.15, -0.1) is 0 Å². The summed E-state index contributed by atoms with van der Waals surface area (Å²) in [4.78, 5) is 55.8. The second-order valence-corrected chi connectivity index (χ2v) is 12.5. The van der Waals surface area contributed by atoms with Crippen LogP contribution >= 0.6 is 11.6 Å². The van der Waals surface area contributed by atoms with Gasteiger partial charge in [-0.25, -0.2) is 14.4 Å². The summed E-state index contributed by atoms with van der Waals surface area (Å²) in [6, 6.07) is 6.00. The molecule has 244 valence electrons. The first kappa shape index (κ1) is 32.0. The summed E-state index contributed by atoms with van der Waals surface area (Å²) in [6.07, 6.45) is 1.21. The monoisotopic (exact) mass is 660 g/mol. The molecule has 0 aliphatic carbocycles. The molecule has 2 atom stereocenters. The van der Waals surface area contributed by atoms with Crippen molar-refractivity contribution in [1.29, 1.82) is 0 Å². The number of piperazine rings is 1. The number of pyridine rings is 3. The predicted octanol–water partition coefficient (Wildman–Crippen LogP) is 4.95. The first-order chi connectivity index (χ1) is 22.3.